The summed E-state index contributed by atoms with van der Waals surface area (Å²) in [6, 6.07) is 22.0. The van der Waals surface area contributed by atoms with Crippen LogP contribution in [0.15, 0.2) is 77.9 Å². The molecule has 5 heteroatoms. The van der Waals surface area contributed by atoms with Crippen molar-refractivity contribution in [2.24, 2.45) is 5.10 Å². The number of likely N-dealkylation sites (N-methyl/N-ethyl adjacent to an activating group) is 1. The topological polar surface area (TPSA) is 35.9 Å². The first-order valence-electron chi connectivity index (χ1n) is 10.4. The second-order valence-corrected chi connectivity index (χ2v) is 8.02. The van der Waals surface area contributed by atoms with E-state index in [2.05, 4.69) is 31.1 Å². The number of anilines is 1. The van der Waals surface area contributed by atoms with Crippen LogP contribution in [0.5, 0.6) is 0 Å². The van der Waals surface area contributed by atoms with Gasteiger partial charge in [-0.2, -0.15) is 5.10 Å². The van der Waals surface area contributed by atoms with Crippen LogP contribution in [-0.4, -0.2) is 30.2 Å². The lowest BCUT2D eigenvalue weighted by Gasteiger charge is -2.26. The number of carbonyl (C=O) groups is 1. The molecule has 0 bridgehead atoms. The van der Waals surface area contributed by atoms with Gasteiger partial charge in [-0.15, -0.1) is 0 Å². The Morgan fingerprint density at radius 3 is 2.45 bits per heavy atom. The van der Waals surface area contributed by atoms with Crippen molar-refractivity contribution < 1.29 is 9.18 Å². The highest BCUT2D eigenvalue weighted by atomic mass is 19.1. The predicted molar refractivity (Wildman–Crippen MR) is 123 cm³/mol. The van der Waals surface area contributed by atoms with Gasteiger partial charge in [-0.1, -0.05) is 48.5 Å². The van der Waals surface area contributed by atoms with Gasteiger partial charge in [0.15, 0.2) is 0 Å². The minimum absolute atomic E-state index is 0.151. The lowest BCUT2D eigenvalue weighted by molar-refractivity contribution is -0.131. The van der Waals surface area contributed by atoms with Crippen molar-refractivity contribution >= 4 is 17.3 Å². The molecule has 1 amide bonds. The molecule has 0 unspecified atom stereocenters. The Hall–Kier alpha value is -3.47. The summed E-state index contributed by atoms with van der Waals surface area (Å²) in [5.74, 6) is -0.489. The number of halogens is 1. The molecule has 3 aromatic carbocycles. The third kappa shape index (κ3) is 4.36. The molecule has 0 radical (unpaired) electrons. The van der Waals surface area contributed by atoms with Crippen molar-refractivity contribution in [2.45, 2.75) is 26.3 Å². The lowest BCUT2D eigenvalue weighted by Crippen LogP contribution is -2.36. The van der Waals surface area contributed by atoms with Crippen LogP contribution in [0.2, 0.25) is 0 Å². The van der Waals surface area contributed by atoms with E-state index in [4.69, 9.17) is 0 Å². The number of para-hydroxylation sites is 1. The normalized spacial score (nSPS) is 15.7. The number of aryl methyl sites for hydroxylation is 2. The molecule has 4 nitrogen and oxygen atoms in total. The maximum atomic E-state index is 14.7. The van der Waals surface area contributed by atoms with Crippen LogP contribution in [0.25, 0.3) is 0 Å². The number of carbonyl (C=O) groups excluding carboxylic acids is 1. The molecule has 3 aromatic rings. The van der Waals surface area contributed by atoms with Gasteiger partial charge in [-0.3, -0.25) is 4.79 Å². The van der Waals surface area contributed by atoms with E-state index < -0.39 is 6.04 Å². The first-order chi connectivity index (χ1) is 14.9. The van der Waals surface area contributed by atoms with Crippen LogP contribution in [-0.2, 0) is 4.79 Å². The number of nitrogens with zero attached hydrogens (tertiary/aromatic N) is 3. The molecule has 0 N–H and O–H groups in total. The van der Waals surface area contributed by atoms with Crippen molar-refractivity contribution in [2.75, 3.05) is 18.5 Å². The van der Waals surface area contributed by atoms with Gasteiger partial charge < -0.3 is 4.90 Å². The van der Waals surface area contributed by atoms with Gasteiger partial charge in [0, 0.05) is 24.7 Å². The second kappa shape index (κ2) is 8.72. The smallest absolute Gasteiger partial charge is 0.262 e. The quantitative estimate of drug-likeness (QED) is 0.570. The van der Waals surface area contributed by atoms with Crippen molar-refractivity contribution in [1.82, 2.24) is 5.01 Å². The summed E-state index contributed by atoms with van der Waals surface area (Å²) in [4.78, 5) is 15.2. The Balaban J connectivity index is 1.66. The standard InChI is InChI=1S/C26H26FN3O/c1-18-13-14-20(15-19(18)2)24-16-25(22-11-7-8-12-23(22)27)30(28-24)26(31)17-29(3)21-9-5-4-6-10-21/h4-15,25H,16-17H2,1-3H3/t25-/m1/s1. The average Bonchev–Trinajstić information content (AvgIpc) is 3.22. The van der Waals surface area contributed by atoms with E-state index >= 15 is 0 Å². The van der Waals surface area contributed by atoms with Crippen LogP contribution in [0.1, 0.15) is 34.7 Å². The molecule has 0 fully saturated rings. The van der Waals surface area contributed by atoms with Gasteiger partial charge in [0.25, 0.3) is 5.91 Å². The number of hydrogen-bond acceptors (Lipinski definition) is 3. The van der Waals surface area contributed by atoms with E-state index in [-0.39, 0.29) is 18.3 Å². The summed E-state index contributed by atoms with van der Waals surface area (Å²) in [5, 5.41) is 6.14. The third-order valence-corrected chi connectivity index (χ3v) is 5.84. The molecule has 1 atom stereocenters. The van der Waals surface area contributed by atoms with Gasteiger partial charge in [0.05, 0.1) is 18.3 Å². The third-order valence-electron chi connectivity index (χ3n) is 5.84. The van der Waals surface area contributed by atoms with E-state index in [1.54, 1.807) is 18.2 Å². The first kappa shape index (κ1) is 20.8. The summed E-state index contributed by atoms with van der Waals surface area (Å²) in [7, 11) is 1.87. The molecule has 1 aliphatic heterocycles. The van der Waals surface area contributed by atoms with Crippen LogP contribution >= 0.6 is 0 Å². The Bertz CT molecular complexity index is 1130. The molecule has 1 heterocycles. The molecular weight excluding hydrogens is 389 g/mol. The molecule has 158 valence electrons. The zero-order chi connectivity index (χ0) is 22.0. The fourth-order valence-electron chi connectivity index (χ4n) is 3.87. The highest BCUT2D eigenvalue weighted by Gasteiger charge is 2.35. The summed E-state index contributed by atoms with van der Waals surface area (Å²) in [6.07, 6.45) is 0.476. The van der Waals surface area contributed by atoms with Crippen molar-refractivity contribution in [1.29, 1.82) is 0 Å². The zero-order valence-corrected chi connectivity index (χ0v) is 18.0. The summed E-state index contributed by atoms with van der Waals surface area (Å²) in [6.45, 7) is 4.27. The minimum Gasteiger partial charge on any atom is -0.365 e. The molecule has 31 heavy (non-hydrogen) atoms. The number of rotatable bonds is 5. The maximum absolute atomic E-state index is 14.7. The summed E-state index contributed by atoms with van der Waals surface area (Å²) >= 11 is 0. The molecule has 0 saturated heterocycles. The number of hydrogen-bond donors (Lipinski definition) is 0. The first-order valence-corrected chi connectivity index (χ1v) is 10.4. The number of benzene rings is 3. The van der Waals surface area contributed by atoms with Gasteiger partial charge in [0.2, 0.25) is 0 Å². The molecule has 1 aliphatic rings. The lowest BCUT2D eigenvalue weighted by atomic mass is 9.96. The number of hydrazone groups is 1. The van der Waals surface area contributed by atoms with Gasteiger partial charge in [0.1, 0.15) is 5.82 Å². The van der Waals surface area contributed by atoms with E-state index in [9.17, 15) is 9.18 Å². The van der Waals surface area contributed by atoms with E-state index in [1.807, 2.05) is 48.3 Å². The maximum Gasteiger partial charge on any atom is 0.262 e. The fourth-order valence-corrected chi connectivity index (χ4v) is 3.87. The van der Waals surface area contributed by atoms with Gasteiger partial charge in [-0.25, -0.2) is 9.40 Å². The monoisotopic (exact) mass is 415 g/mol. The van der Waals surface area contributed by atoms with Crippen molar-refractivity contribution in [3.8, 4) is 0 Å². The van der Waals surface area contributed by atoms with Crippen LogP contribution in [0.4, 0.5) is 10.1 Å². The molecule has 0 spiro atoms. The van der Waals surface area contributed by atoms with Crippen LogP contribution in [0.3, 0.4) is 0 Å². The van der Waals surface area contributed by atoms with Crippen molar-refractivity contribution in [3.05, 3.63) is 101 Å². The predicted octanol–water partition coefficient (Wildman–Crippen LogP) is 5.26. The van der Waals surface area contributed by atoms with Crippen LogP contribution in [0, 0.1) is 19.7 Å². The highest BCUT2D eigenvalue weighted by molar-refractivity contribution is 6.03. The van der Waals surface area contributed by atoms with E-state index in [1.165, 1.54) is 16.6 Å². The Morgan fingerprint density at radius 2 is 1.74 bits per heavy atom. The second-order valence-electron chi connectivity index (χ2n) is 8.02. The zero-order valence-electron chi connectivity index (χ0n) is 18.0. The molecular formula is C26H26FN3O. The van der Waals surface area contributed by atoms with Gasteiger partial charge in [-0.05, 0) is 54.8 Å². The molecule has 0 aromatic heterocycles. The Labute approximate surface area is 182 Å². The van der Waals surface area contributed by atoms with E-state index in [0.29, 0.717) is 12.0 Å². The SMILES string of the molecule is Cc1ccc(C2=NN(C(=O)CN(C)c3ccccc3)[C@@H](c3ccccc3F)C2)cc1C. The highest BCUT2D eigenvalue weighted by Crippen LogP contribution is 2.34. The number of amides is 1. The Morgan fingerprint density at radius 1 is 1.03 bits per heavy atom. The molecule has 0 aliphatic carbocycles. The largest absolute Gasteiger partial charge is 0.365 e. The fraction of sp³-hybridized carbons (Fsp3) is 0.231. The van der Waals surface area contributed by atoms with Gasteiger partial charge >= 0.3 is 0 Å². The Kier molecular flexibility index (Phi) is 5.85. The summed E-state index contributed by atoms with van der Waals surface area (Å²) < 4.78 is 14.7. The van der Waals surface area contributed by atoms with E-state index in [0.717, 1.165) is 22.5 Å². The van der Waals surface area contributed by atoms with Crippen LogP contribution < -0.4 is 4.90 Å². The molecule has 4 rings (SSSR count). The molecule has 0 saturated carbocycles. The van der Waals surface area contributed by atoms with Crippen molar-refractivity contribution in [3.63, 3.8) is 0 Å². The summed E-state index contributed by atoms with van der Waals surface area (Å²) in [5.41, 5.74) is 5.56. The minimum atomic E-state index is -0.463. The average molecular weight is 416 g/mol.